The van der Waals surface area contributed by atoms with Crippen molar-refractivity contribution in [2.45, 2.75) is 42.9 Å². The summed E-state index contributed by atoms with van der Waals surface area (Å²) >= 11 is 0. The molecule has 0 radical (unpaired) electrons. The van der Waals surface area contributed by atoms with Crippen LogP contribution >= 0.6 is 0 Å². The van der Waals surface area contributed by atoms with Crippen LogP contribution in [0.25, 0.3) is 17.0 Å². The molecule has 0 bridgehead atoms. The van der Waals surface area contributed by atoms with Gasteiger partial charge in [0.25, 0.3) is 0 Å². The monoisotopic (exact) mass is 525 g/mol. The molecule has 1 aliphatic heterocycles. The summed E-state index contributed by atoms with van der Waals surface area (Å²) in [5.74, 6) is -0.502. The zero-order chi connectivity index (χ0) is 27.2. The lowest BCUT2D eigenvalue weighted by Gasteiger charge is -2.56. The molecule has 2 heterocycles. The van der Waals surface area contributed by atoms with Gasteiger partial charge in [-0.25, -0.2) is 8.78 Å². The first-order valence-corrected chi connectivity index (χ1v) is 13.6. The summed E-state index contributed by atoms with van der Waals surface area (Å²) in [6.45, 7) is 0.508. The SMILES string of the molecule is CN(C)C1(c2cccc(F)c2)CCC2(CC1F)c1[nH]c3ccccc3c1CCN2C(=O)/C=C/c1ccccc1. The largest absolute Gasteiger partial charge is 0.356 e. The van der Waals surface area contributed by atoms with Gasteiger partial charge in [-0.15, -0.1) is 0 Å². The molecule has 200 valence electrons. The van der Waals surface area contributed by atoms with Crippen LogP contribution < -0.4 is 0 Å². The lowest BCUT2D eigenvalue weighted by atomic mass is 9.64. The van der Waals surface area contributed by atoms with Crippen LogP contribution in [0.4, 0.5) is 8.78 Å². The molecule has 1 amide bonds. The number of hydrogen-bond donors (Lipinski definition) is 1. The molecule has 6 heteroatoms. The molecule has 4 nitrogen and oxygen atoms in total. The Morgan fingerprint density at radius 1 is 1.03 bits per heavy atom. The Morgan fingerprint density at radius 3 is 2.54 bits per heavy atom. The molecule has 3 unspecified atom stereocenters. The van der Waals surface area contributed by atoms with E-state index in [-0.39, 0.29) is 18.1 Å². The van der Waals surface area contributed by atoms with E-state index in [1.807, 2.05) is 84.6 Å². The predicted molar refractivity (Wildman–Crippen MR) is 151 cm³/mol. The van der Waals surface area contributed by atoms with Gasteiger partial charge in [0.2, 0.25) is 5.91 Å². The highest BCUT2D eigenvalue weighted by Gasteiger charge is 2.57. The van der Waals surface area contributed by atoms with E-state index in [1.54, 1.807) is 12.1 Å². The van der Waals surface area contributed by atoms with Crippen LogP contribution in [-0.2, 0) is 22.3 Å². The number of H-pyrrole nitrogens is 1. The summed E-state index contributed by atoms with van der Waals surface area (Å²) in [4.78, 5) is 21.2. The van der Waals surface area contributed by atoms with Crippen molar-refractivity contribution in [2.24, 2.45) is 0 Å². The molecule has 4 aromatic rings. The van der Waals surface area contributed by atoms with Crippen LogP contribution in [-0.4, -0.2) is 47.5 Å². The maximum Gasteiger partial charge on any atom is 0.247 e. The number of hydrogen-bond acceptors (Lipinski definition) is 2. The van der Waals surface area contributed by atoms with Gasteiger partial charge < -0.3 is 9.88 Å². The average Bonchev–Trinajstić information content (AvgIpc) is 3.33. The van der Waals surface area contributed by atoms with Crippen molar-refractivity contribution in [1.82, 2.24) is 14.8 Å². The topological polar surface area (TPSA) is 39.3 Å². The fourth-order valence-corrected chi connectivity index (χ4v) is 7.01. The summed E-state index contributed by atoms with van der Waals surface area (Å²) in [5, 5.41) is 1.13. The van der Waals surface area contributed by atoms with E-state index in [9.17, 15) is 9.18 Å². The van der Waals surface area contributed by atoms with Gasteiger partial charge in [-0.05, 0) is 74.3 Å². The molecule has 2 aliphatic rings. The summed E-state index contributed by atoms with van der Waals surface area (Å²) in [5.41, 5.74) is 2.84. The third-order valence-corrected chi connectivity index (χ3v) is 8.94. The molecular formula is C33H33F2N3O. The molecule has 1 aliphatic carbocycles. The maximum absolute atomic E-state index is 16.9. The van der Waals surface area contributed by atoms with E-state index in [0.717, 1.165) is 27.7 Å². The van der Waals surface area contributed by atoms with Crippen molar-refractivity contribution in [2.75, 3.05) is 20.6 Å². The predicted octanol–water partition coefficient (Wildman–Crippen LogP) is 6.58. The normalized spacial score (nSPS) is 25.1. The molecule has 1 fully saturated rings. The van der Waals surface area contributed by atoms with Crippen molar-refractivity contribution < 1.29 is 13.6 Å². The number of nitrogens with one attached hydrogen (secondary N) is 1. The standard InChI is InChI=1S/C33H33F2N3O/c1-37(2)33(24-11-8-12-25(34)21-24)19-18-32(22-29(33)35)31-27(26-13-6-7-14-28(26)36-31)17-20-38(32)30(39)16-15-23-9-4-3-5-10-23/h3-16,21,29,36H,17-20,22H2,1-2H3/b16-15+. The molecular weight excluding hydrogens is 492 g/mol. The molecule has 1 N–H and O–H groups in total. The molecule has 6 rings (SSSR count). The van der Waals surface area contributed by atoms with Gasteiger partial charge in [0, 0.05) is 35.6 Å². The van der Waals surface area contributed by atoms with Gasteiger partial charge in [0.05, 0.1) is 11.1 Å². The Morgan fingerprint density at radius 2 is 1.79 bits per heavy atom. The number of carbonyl (C=O) groups excluding carboxylic acids is 1. The number of rotatable bonds is 4. The Labute approximate surface area is 227 Å². The van der Waals surface area contributed by atoms with E-state index in [1.165, 1.54) is 12.1 Å². The van der Waals surface area contributed by atoms with E-state index >= 15 is 4.39 Å². The first kappa shape index (κ1) is 25.5. The molecule has 1 spiro atoms. The summed E-state index contributed by atoms with van der Waals surface area (Å²) < 4.78 is 31.2. The zero-order valence-corrected chi connectivity index (χ0v) is 22.3. The minimum Gasteiger partial charge on any atom is -0.356 e. The fourth-order valence-electron chi connectivity index (χ4n) is 7.01. The lowest BCUT2D eigenvalue weighted by molar-refractivity contribution is -0.141. The quantitative estimate of drug-likeness (QED) is 0.306. The molecule has 1 aromatic heterocycles. The third-order valence-electron chi connectivity index (χ3n) is 8.94. The van der Waals surface area contributed by atoms with Crippen molar-refractivity contribution in [3.8, 4) is 0 Å². The number of halogens is 2. The van der Waals surface area contributed by atoms with Crippen LogP contribution in [0, 0.1) is 5.82 Å². The van der Waals surface area contributed by atoms with E-state index < -0.39 is 17.2 Å². The maximum atomic E-state index is 16.9. The molecule has 0 saturated heterocycles. The summed E-state index contributed by atoms with van der Waals surface area (Å²) in [7, 11) is 3.71. The van der Waals surface area contributed by atoms with Crippen LogP contribution in [0.5, 0.6) is 0 Å². The molecule has 3 atom stereocenters. The first-order chi connectivity index (χ1) is 18.8. The van der Waals surface area contributed by atoms with Gasteiger partial charge in [-0.2, -0.15) is 0 Å². The third kappa shape index (κ3) is 4.09. The fraction of sp³-hybridized carbons (Fsp3) is 0.303. The van der Waals surface area contributed by atoms with Gasteiger partial charge in [0.15, 0.2) is 0 Å². The number of benzene rings is 3. The number of alkyl halides is 1. The van der Waals surface area contributed by atoms with E-state index in [4.69, 9.17) is 0 Å². The number of nitrogens with zero attached hydrogens (tertiary/aromatic N) is 2. The van der Waals surface area contributed by atoms with E-state index in [2.05, 4.69) is 11.1 Å². The number of carbonyl (C=O) groups is 1. The zero-order valence-electron chi connectivity index (χ0n) is 22.3. The Kier molecular flexibility index (Phi) is 6.38. The number of aromatic nitrogens is 1. The van der Waals surface area contributed by atoms with Crippen LogP contribution in [0.15, 0.2) is 84.9 Å². The number of amides is 1. The summed E-state index contributed by atoms with van der Waals surface area (Å²) in [6.07, 6.45) is 3.90. The number of para-hydroxylation sites is 1. The molecule has 39 heavy (non-hydrogen) atoms. The highest BCUT2D eigenvalue weighted by atomic mass is 19.1. The second-order valence-corrected chi connectivity index (χ2v) is 11.0. The van der Waals surface area contributed by atoms with Crippen LogP contribution in [0.1, 0.15) is 41.6 Å². The lowest BCUT2D eigenvalue weighted by Crippen LogP contribution is -2.62. The molecule has 1 saturated carbocycles. The van der Waals surface area contributed by atoms with Crippen molar-refractivity contribution >= 4 is 22.9 Å². The van der Waals surface area contributed by atoms with Crippen molar-refractivity contribution in [1.29, 1.82) is 0 Å². The molecule has 3 aromatic carbocycles. The van der Waals surface area contributed by atoms with Crippen molar-refractivity contribution in [3.05, 3.63) is 113 Å². The van der Waals surface area contributed by atoms with Gasteiger partial charge >= 0.3 is 0 Å². The van der Waals surface area contributed by atoms with E-state index in [0.29, 0.717) is 31.4 Å². The minimum atomic E-state index is -1.34. The number of aromatic amines is 1. The second-order valence-electron chi connectivity index (χ2n) is 11.0. The first-order valence-electron chi connectivity index (χ1n) is 13.6. The second kappa shape index (κ2) is 9.76. The minimum absolute atomic E-state index is 0.117. The highest BCUT2D eigenvalue weighted by molar-refractivity contribution is 5.93. The smallest absolute Gasteiger partial charge is 0.247 e. The van der Waals surface area contributed by atoms with Crippen LogP contribution in [0.2, 0.25) is 0 Å². The Bertz CT molecular complexity index is 1550. The number of fused-ring (bicyclic) bond motifs is 4. The average molecular weight is 526 g/mol. The van der Waals surface area contributed by atoms with Crippen LogP contribution in [0.3, 0.4) is 0 Å². The van der Waals surface area contributed by atoms with Crippen molar-refractivity contribution in [3.63, 3.8) is 0 Å². The highest BCUT2D eigenvalue weighted by Crippen LogP contribution is 2.54. The Hall–Kier alpha value is -3.77. The van der Waals surface area contributed by atoms with Gasteiger partial charge in [0.1, 0.15) is 12.0 Å². The Balaban J connectivity index is 1.45. The van der Waals surface area contributed by atoms with Gasteiger partial charge in [-0.1, -0.05) is 60.7 Å². The summed E-state index contributed by atoms with van der Waals surface area (Å²) in [6, 6.07) is 24.2. The van der Waals surface area contributed by atoms with Gasteiger partial charge in [-0.3, -0.25) is 9.69 Å².